The van der Waals surface area contributed by atoms with E-state index >= 15 is 0 Å². The average molecular weight is 538 g/mol. The van der Waals surface area contributed by atoms with E-state index in [4.69, 9.17) is 9.15 Å². The van der Waals surface area contributed by atoms with E-state index in [2.05, 4.69) is 5.32 Å². The van der Waals surface area contributed by atoms with Crippen molar-refractivity contribution in [3.63, 3.8) is 0 Å². The summed E-state index contributed by atoms with van der Waals surface area (Å²) in [6.45, 7) is 2.62. The molecule has 0 fully saturated rings. The molecule has 6 nitrogen and oxygen atoms in total. The van der Waals surface area contributed by atoms with Gasteiger partial charge in [-0.1, -0.05) is 60.7 Å². The summed E-state index contributed by atoms with van der Waals surface area (Å²) < 4.78 is 11.9. The van der Waals surface area contributed by atoms with Crippen molar-refractivity contribution < 1.29 is 44.1 Å². The first-order chi connectivity index (χ1) is 18.5. The predicted octanol–water partition coefficient (Wildman–Crippen LogP) is 3.69. The van der Waals surface area contributed by atoms with E-state index in [0.717, 1.165) is 39.3 Å². The molecule has 8 heteroatoms. The van der Waals surface area contributed by atoms with E-state index < -0.39 is 17.9 Å². The Labute approximate surface area is 246 Å². The standard InChI is InChI=1S/C31H31NO5S.Li.H/c1-21-8-6-7-11-25(21)27-18-22(12-14-26(27)30(33)32-28(31(34)35)16-17-38-2)19-36-20-24-13-15-29(37-24)23-9-4-3-5-10-23;;/h3-15,18,28H,16-17,19-20H2,1-2H3,(H,32,33)(H,34,35);;/q;+1;-1. The molecule has 198 valence electrons. The third-order valence-electron chi connectivity index (χ3n) is 6.21. The normalized spacial score (nSPS) is 11.4. The number of benzene rings is 3. The van der Waals surface area contributed by atoms with Crippen LogP contribution in [0.25, 0.3) is 22.5 Å². The molecule has 0 spiro atoms. The van der Waals surface area contributed by atoms with Crippen LogP contribution in [-0.4, -0.2) is 35.0 Å². The fraction of sp³-hybridized carbons (Fsp3) is 0.226. The van der Waals surface area contributed by atoms with Gasteiger partial charge in [0.05, 0.1) is 6.61 Å². The summed E-state index contributed by atoms with van der Waals surface area (Å²) in [4.78, 5) is 24.9. The van der Waals surface area contributed by atoms with E-state index in [1.165, 1.54) is 0 Å². The van der Waals surface area contributed by atoms with Gasteiger partial charge in [-0.05, 0) is 71.9 Å². The molecule has 3 aromatic carbocycles. The minimum Gasteiger partial charge on any atom is -1.00 e. The van der Waals surface area contributed by atoms with Crippen molar-refractivity contribution in [1.82, 2.24) is 5.32 Å². The Morgan fingerprint density at radius 2 is 1.72 bits per heavy atom. The summed E-state index contributed by atoms with van der Waals surface area (Å²) in [7, 11) is 0. The number of ether oxygens (including phenoxy) is 1. The van der Waals surface area contributed by atoms with Gasteiger partial charge in [0.25, 0.3) is 5.91 Å². The van der Waals surface area contributed by atoms with Gasteiger partial charge < -0.3 is 21.0 Å². The molecule has 39 heavy (non-hydrogen) atoms. The van der Waals surface area contributed by atoms with Crippen molar-refractivity contribution in [3.8, 4) is 22.5 Å². The molecule has 1 amide bonds. The average Bonchev–Trinajstić information content (AvgIpc) is 3.40. The van der Waals surface area contributed by atoms with Crippen LogP contribution in [0.2, 0.25) is 0 Å². The summed E-state index contributed by atoms with van der Waals surface area (Å²) >= 11 is 1.54. The molecule has 1 aromatic heterocycles. The second kappa shape index (κ2) is 14.8. The first-order valence-corrected chi connectivity index (χ1v) is 13.8. The number of carboxylic acid groups (broad SMARTS) is 1. The molecule has 4 aromatic rings. The van der Waals surface area contributed by atoms with Crippen molar-refractivity contribution >= 4 is 23.6 Å². The van der Waals surface area contributed by atoms with Crippen LogP contribution in [0.3, 0.4) is 0 Å². The van der Waals surface area contributed by atoms with Crippen molar-refractivity contribution in [2.45, 2.75) is 32.6 Å². The molecule has 0 aliphatic heterocycles. The van der Waals surface area contributed by atoms with Crippen molar-refractivity contribution in [2.75, 3.05) is 12.0 Å². The number of aliphatic carboxylic acids is 1. The monoisotopic (exact) mass is 537 g/mol. The zero-order chi connectivity index (χ0) is 26.9. The summed E-state index contributed by atoms with van der Waals surface area (Å²) in [6, 6.07) is 26.1. The van der Waals surface area contributed by atoms with Crippen molar-refractivity contribution in [3.05, 3.63) is 107 Å². The number of aryl methyl sites for hydroxylation is 1. The van der Waals surface area contributed by atoms with Gasteiger partial charge in [0, 0.05) is 11.1 Å². The summed E-state index contributed by atoms with van der Waals surface area (Å²) in [5, 5.41) is 12.3. The largest absolute Gasteiger partial charge is 1.00 e. The number of hydrogen-bond acceptors (Lipinski definition) is 5. The molecular formula is C31H32LiNO5S. The smallest absolute Gasteiger partial charge is 1.00 e. The van der Waals surface area contributed by atoms with Crippen LogP contribution in [0.4, 0.5) is 0 Å². The van der Waals surface area contributed by atoms with E-state index in [0.29, 0.717) is 31.0 Å². The fourth-order valence-corrected chi connectivity index (χ4v) is 4.66. The molecule has 0 bridgehead atoms. The van der Waals surface area contributed by atoms with Gasteiger partial charge in [-0.15, -0.1) is 0 Å². The van der Waals surface area contributed by atoms with Crippen LogP contribution in [0, 0.1) is 6.92 Å². The summed E-state index contributed by atoms with van der Waals surface area (Å²) in [5.41, 5.74) is 4.99. The molecule has 0 radical (unpaired) electrons. The number of amides is 1. The van der Waals surface area contributed by atoms with Crippen LogP contribution in [-0.2, 0) is 22.7 Å². The number of carbonyl (C=O) groups excluding carboxylic acids is 1. The first kappa shape index (κ1) is 30.3. The molecule has 1 heterocycles. The number of carbonyl (C=O) groups is 2. The van der Waals surface area contributed by atoms with Gasteiger partial charge >= 0.3 is 24.8 Å². The maximum atomic E-state index is 13.2. The van der Waals surface area contributed by atoms with Crippen LogP contribution in [0.5, 0.6) is 0 Å². The zero-order valence-corrected chi connectivity index (χ0v) is 23.3. The number of nitrogens with one attached hydrogen (secondary N) is 1. The molecule has 0 aliphatic carbocycles. The minimum absolute atomic E-state index is 0. The number of carboxylic acids is 1. The molecule has 2 N–H and O–H groups in total. The molecule has 1 atom stereocenters. The Morgan fingerprint density at radius 3 is 2.44 bits per heavy atom. The third kappa shape index (κ3) is 8.14. The Balaban J connectivity index is 0.00000280. The Hall–Kier alpha value is -3.21. The Morgan fingerprint density at radius 1 is 0.974 bits per heavy atom. The predicted molar refractivity (Wildman–Crippen MR) is 152 cm³/mol. The fourth-order valence-electron chi connectivity index (χ4n) is 4.19. The van der Waals surface area contributed by atoms with Gasteiger partial charge in [0.1, 0.15) is 24.2 Å². The van der Waals surface area contributed by atoms with E-state index in [-0.39, 0.29) is 20.3 Å². The first-order valence-electron chi connectivity index (χ1n) is 12.4. The molecular weight excluding hydrogens is 505 g/mol. The van der Waals surface area contributed by atoms with Gasteiger partial charge in [-0.2, -0.15) is 11.8 Å². The molecule has 0 aliphatic rings. The van der Waals surface area contributed by atoms with Gasteiger partial charge in [0.15, 0.2) is 0 Å². The molecule has 4 rings (SSSR count). The van der Waals surface area contributed by atoms with E-state index in [1.54, 1.807) is 17.8 Å². The number of hydrogen-bond donors (Lipinski definition) is 2. The van der Waals surface area contributed by atoms with Crippen molar-refractivity contribution in [2.24, 2.45) is 0 Å². The zero-order valence-electron chi connectivity index (χ0n) is 23.5. The number of furan rings is 1. The van der Waals surface area contributed by atoms with Gasteiger partial charge in [-0.3, -0.25) is 4.79 Å². The van der Waals surface area contributed by atoms with Gasteiger partial charge in [0.2, 0.25) is 0 Å². The third-order valence-corrected chi connectivity index (χ3v) is 6.85. The number of rotatable bonds is 12. The summed E-state index contributed by atoms with van der Waals surface area (Å²) in [6.07, 6.45) is 2.26. The van der Waals surface area contributed by atoms with E-state index in [9.17, 15) is 14.7 Å². The molecule has 0 saturated heterocycles. The second-order valence-corrected chi connectivity index (χ2v) is 9.95. The van der Waals surface area contributed by atoms with E-state index in [1.807, 2.05) is 92.0 Å². The van der Waals surface area contributed by atoms with Crippen LogP contribution in [0.15, 0.2) is 89.3 Å². The SMILES string of the molecule is CSCCC(NC(=O)c1ccc(COCc2ccc(-c3ccccc3)o2)cc1-c1ccccc1C)C(=O)O.[H-].[Li+]. The summed E-state index contributed by atoms with van der Waals surface area (Å²) in [5.74, 6) is 0.708. The van der Waals surface area contributed by atoms with Crippen molar-refractivity contribution in [1.29, 1.82) is 0 Å². The second-order valence-electron chi connectivity index (χ2n) is 8.97. The Bertz CT molecular complexity index is 1400. The van der Waals surface area contributed by atoms with Crippen LogP contribution in [0.1, 0.15) is 35.1 Å². The van der Waals surface area contributed by atoms with Gasteiger partial charge in [-0.25, -0.2) is 4.79 Å². The Kier molecular flexibility index (Phi) is 11.5. The maximum Gasteiger partial charge on any atom is 1.00 e. The van der Waals surface area contributed by atoms with Crippen LogP contribution >= 0.6 is 11.8 Å². The minimum atomic E-state index is -1.04. The topological polar surface area (TPSA) is 88.8 Å². The van der Waals surface area contributed by atoms with Crippen LogP contribution < -0.4 is 24.2 Å². The quantitative estimate of drug-likeness (QED) is 0.268. The number of thioether (sulfide) groups is 1. The molecule has 0 saturated carbocycles. The maximum absolute atomic E-state index is 13.2. The molecule has 1 unspecified atom stereocenters.